The first-order chi connectivity index (χ1) is 16.0. The minimum Gasteiger partial charge on any atom is -0.424 e. The van der Waals surface area contributed by atoms with Gasteiger partial charge in [-0.05, 0) is 36.6 Å². The maximum atomic E-state index is 6.31. The average molecular weight is 436 g/mol. The molecule has 0 aliphatic carbocycles. The molecule has 5 rings (SSSR count). The molecule has 0 saturated carbocycles. The van der Waals surface area contributed by atoms with Crippen molar-refractivity contribution in [3.63, 3.8) is 0 Å². The van der Waals surface area contributed by atoms with E-state index in [-0.39, 0.29) is 0 Å². The quantitative estimate of drug-likeness (QED) is 0.430. The van der Waals surface area contributed by atoms with E-state index >= 15 is 0 Å². The summed E-state index contributed by atoms with van der Waals surface area (Å²) in [6, 6.07) is 11.6. The zero-order valence-corrected chi connectivity index (χ0v) is 18.3. The van der Waals surface area contributed by atoms with E-state index in [1.54, 1.807) is 10.9 Å². The number of nitrogen functional groups attached to an aromatic ring is 1. The maximum absolute atomic E-state index is 6.31. The summed E-state index contributed by atoms with van der Waals surface area (Å²) in [7, 11) is 3.79. The third-order valence-corrected chi connectivity index (χ3v) is 5.39. The molecule has 0 saturated heterocycles. The van der Waals surface area contributed by atoms with Crippen molar-refractivity contribution in [2.75, 3.05) is 5.73 Å². The second-order valence-electron chi connectivity index (χ2n) is 7.53. The lowest BCUT2D eigenvalue weighted by Gasteiger charge is -2.10. The Morgan fingerprint density at radius 1 is 1.06 bits per heavy atom. The van der Waals surface area contributed by atoms with Gasteiger partial charge in [0.15, 0.2) is 0 Å². The van der Waals surface area contributed by atoms with Crippen LogP contribution in [0.25, 0.3) is 33.5 Å². The van der Waals surface area contributed by atoms with Gasteiger partial charge >= 0.3 is 6.01 Å². The monoisotopic (exact) mass is 436 g/mol. The first kappa shape index (κ1) is 20.2. The van der Waals surface area contributed by atoms with E-state index in [1.807, 2.05) is 62.0 Å². The number of aryl methyl sites for hydroxylation is 3. The Balaban J connectivity index is 1.67. The highest BCUT2D eigenvalue weighted by Crippen LogP contribution is 2.42. The molecule has 33 heavy (non-hydrogen) atoms. The number of nitrogens with two attached hydrogens (primary N) is 1. The van der Waals surface area contributed by atoms with Crippen LogP contribution >= 0.6 is 0 Å². The summed E-state index contributed by atoms with van der Waals surface area (Å²) in [5, 5.41) is 5.17. The van der Waals surface area contributed by atoms with Gasteiger partial charge in [-0.1, -0.05) is 12.1 Å². The zero-order chi connectivity index (χ0) is 23.1. The molecule has 0 radical (unpaired) electrons. The van der Waals surface area contributed by atoms with Crippen LogP contribution in [0.1, 0.15) is 11.4 Å². The summed E-state index contributed by atoms with van der Waals surface area (Å²) in [4.78, 5) is 17.1. The van der Waals surface area contributed by atoms with Crippen LogP contribution in [-0.4, -0.2) is 34.3 Å². The summed E-state index contributed by atoms with van der Waals surface area (Å²) < 4.78 is 9.54. The van der Waals surface area contributed by atoms with E-state index < -0.39 is 0 Å². The number of fused-ring (bicyclic) bond motifs is 1. The summed E-state index contributed by atoms with van der Waals surface area (Å²) in [5.41, 5.74) is 11.9. The van der Waals surface area contributed by atoms with Crippen LogP contribution < -0.4 is 10.5 Å². The van der Waals surface area contributed by atoms with Crippen LogP contribution in [0.5, 0.6) is 11.8 Å². The van der Waals surface area contributed by atoms with E-state index in [4.69, 9.17) is 16.9 Å². The molecule has 0 atom stereocenters. The van der Waals surface area contributed by atoms with Crippen LogP contribution in [-0.2, 0) is 14.1 Å². The molecule has 0 aliphatic heterocycles. The number of ether oxygens (including phenoxy) is 1. The van der Waals surface area contributed by atoms with E-state index in [2.05, 4.69) is 31.0 Å². The smallest absolute Gasteiger partial charge is 0.322 e. The molecule has 0 amide bonds. The van der Waals surface area contributed by atoms with E-state index in [9.17, 15) is 0 Å². The topological polar surface area (TPSA) is 110 Å². The molecule has 0 spiro atoms. The lowest BCUT2D eigenvalue weighted by atomic mass is 10.0. The Labute approximate surface area is 189 Å². The minimum atomic E-state index is 0.294. The predicted molar refractivity (Wildman–Crippen MR) is 125 cm³/mol. The van der Waals surface area contributed by atoms with Crippen LogP contribution in [0.4, 0.5) is 5.82 Å². The van der Waals surface area contributed by atoms with Crippen LogP contribution in [0, 0.1) is 19.3 Å². The first-order valence-electron chi connectivity index (χ1n) is 10.1. The highest BCUT2D eigenvalue weighted by molar-refractivity contribution is 6.07. The summed E-state index contributed by atoms with van der Waals surface area (Å²) in [6.07, 6.45) is 8.71. The van der Waals surface area contributed by atoms with Gasteiger partial charge in [0, 0.05) is 37.6 Å². The van der Waals surface area contributed by atoms with Gasteiger partial charge in [-0.15, -0.1) is 6.42 Å². The summed E-state index contributed by atoms with van der Waals surface area (Å²) >= 11 is 0. The van der Waals surface area contributed by atoms with Crippen molar-refractivity contribution in [1.29, 1.82) is 0 Å². The molecule has 9 heteroatoms. The van der Waals surface area contributed by atoms with Crippen molar-refractivity contribution < 1.29 is 4.74 Å². The normalized spacial score (nSPS) is 11.0. The van der Waals surface area contributed by atoms with Gasteiger partial charge in [0.2, 0.25) is 0 Å². The predicted octanol–water partition coefficient (Wildman–Crippen LogP) is 3.49. The molecule has 9 nitrogen and oxygen atoms in total. The van der Waals surface area contributed by atoms with Crippen molar-refractivity contribution in [2.24, 2.45) is 14.1 Å². The number of terminal acetylenes is 1. The van der Waals surface area contributed by atoms with Crippen molar-refractivity contribution in [3.8, 4) is 46.6 Å². The van der Waals surface area contributed by atoms with Crippen LogP contribution in [0.3, 0.4) is 0 Å². The molecule has 2 N–H and O–H groups in total. The fraction of sp³-hybridized carbons (Fsp3) is 0.125. The van der Waals surface area contributed by atoms with Gasteiger partial charge in [-0.3, -0.25) is 4.68 Å². The molecular weight excluding hydrogens is 416 g/mol. The van der Waals surface area contributed by atoms with Gasteiger partial charge in [0.05, 0.1) is 16.8 Å². The highest BCUT2D eigenvalue weighted by Gasteiger charge is 2.24. The molecule has 1 aromatic carbocycles. The number of nitrogens with zero attached hydrogens (tertiary/aromatic N) is 7. The number of rotatable bonds is 4. The maximum Gasteiger partial charge on any atom is 0.322 e. The fourth-order valence-corrected chi connectivity index (χ4v) is 3.89. The lowest BCUT2D eigenvalue weighted by molar-refractivity contribution is 0.440. The minimum absolute atomic E-state index is 0.294. The molecule has 0 unspecified atom stereocenters. The number of aromatic nitrogens is 7. The van der Waals surface area contributed by atoms with Crippen molar-refractivity contribution in [3.05, 3.63) is 60.3 Å². The van der Waals surface area contributed by atoms with Gasteiger partial charge in [-0.25, -0.2) is 19.9 Å². The van der Waals surface area contributed by atoms with Gasteiger partial charge in [-0.2, -0.15) is 5.10 Å². The first-order valence-corrected chi connectivity index (χ1v) is 10.1. The zero-order valence-electron chi connectivity index (χ0n) is 18.3. The Bertz CT molecular complexity index is 1540. The Morgan fingerprint density at radius 3 is 2.55 bits per heavy atom. The molecule has 0 bridgehead atoms. The molecule has 4 aromatic heterocycles. The lowest BCUT2D eigenvalue weighted by Crippen LogP contribution is -2.00. The molecule has 0 aliphatic rings. The highest BCUT2D eigenvalue weighted by atomic mass is 16.5. The van der Waals surface area contributed by atoms with Gasteiger partial charge in [0.1, 0.15) is 29.2 Å². The SMILES string of the molecule is C#Cc1cc(-c2c(-c3ccc(Oc4nccc(C)n4)cc3)c3c(N)ncnc3n2C)n(C)n1. The van der Waals surface area contributed by atoms with E-state index in [0.29, 0.717) is 28.9 Å². The van der Waals surface area contributed by atoms with Crippen molar-refractivity contribution in [2.45, 2.75) is 6.92 Å². The number of hydrogen-bond donors (Lipinski definition) is 1. The standard InChI is InChI=1S/C24H20N8O/c1-5-16-12-18(32(4)30-16)21-19(20-22(25)27-13-28-23(20)31(21)3)15-6-8-17(9-7-15)33-24-26-11-10-14(2)29-24/h1,6-13H,2-4H3,(H2,25,27,28). The van der Waals surface area contributed by atoms with Gasteiger partial charge in [0.25, 0.3) is 0 Å². The number of benzene rings is 1. The Morgan fingerprint density at radius 2 is 1.85 bits per heavy atom. The average Bonchev–Trinajstić information content (AvgIpc) is 3.32. The molecular formula is C24H20N8O. The molecule has 162 valence electrons. The Hall–Kier alpha value is -4.71. The summed E-state index contributed by atoms with van der Waals surface area (Å²) in [6.45, 7) is 1.89. The second-order valence-corrected chi connectivity index (χ2v) is 7.53. The van der Waals surface area contributed by atoms with Crippen molar-refractivity contribution >= 4 is 16.9 Å². The molecule has 4 heterocycles. The largest absolute Gasteiger partial charge is 0.424 e. The van der Waals surface area contributed by atoms with Crippen LogP contribution in [0.2, 0.25) is 0 Å². The van der Waals surface area contributed by atoms with Crippen molar-refractivity contribution in [1.82, 2.24) is 34.3 Å². The van der Waals surface area contributed by atoms with Crippen LogP contribution in [0.15, 0.2) is 48.9 Å². The summed E-state index contributed by atoms with van der Waals surface area (Å²) in [5.74, 6) is 3.60. The van der Waals surface area contributed by atoms with E-state index in [0.717, 1.165) is 33.6 Å². The second kappa shape index (κ2) is 7.76. The molecule has 0 fully saturated rings. The third-order valence-electron chi connectivity index (χ3n) is 5.39. The Kier molecular flexibility index (Phi) is 4.75. The number of hydrogen-bond acceptors (Lipinski definition) is 7. The third kappa shape index (κ3) is 3.43. The van der Waals surface area contributed by atoms with Gasteiger partial charge < -0.3 is 15.0 Å². The molecule has 5 aromatic rings. The van der Waals surface area contributed by atoms with E-state index in [1.165, 1.54) is 6.33 Å². The fourth-order valence-electron chi connectivity index (χ4n) is 3.89. The number of anilines is 1.